The molecule has 2 nitrogen and oxygen atoms in total. The van der Waals surface area contributed by atoms with Gasteiger partial charge in [0.25, 0.3) is 0 Å². The molecule has 1 aromatic rings. The molecule has 0 aromatic heterocycles. The first-order valence-electron chi connectivity index (χ1n) is 3.62. The van der Waals surface area contributed by atoms with Crippen LogP contribution < -0.4 is 4.74 Å². The molecule has 0 fully saturated rings. The van der Waals surface area contributed by atoms with Crippen LogP contribution in [0.5, 0.6) is 5.75 Å². The summed E-state index contributed by atoms with van der Waals surface area (Å²) in [4.78, 5) is 0. The Kier molecular flexibility index (Phi) is 3.81. The van der Waals surface area contributed by atoms with Gasteiger partial charge in [-0.1, -0.05) is 0 Å². The summed E-state index contributed by atoms with van der Waals surface area (Å²) in [6.45, 7) is 2.33. The first-order valence-corrected chi connectivity index (χ1v) is 4.70. The van der Waals surface area contributed by atoms with E-state index in [1.165, 1.54) is 3.57 Å². The first-order chi connectivity index (χ1) is 5.74. The van der Waals surface area contributed by atoms with Gasteiger partial charge in [0.2, 0.25) is 0 Å². The zero-order valence-corrected chi connectivity index (χ0v) is 9.29. The quantitative estimate of drug-likeness (QED) is 0.625. The van der Waals surface area contributed by atoms with E-state index in [2.05, 4.69) is 28.7 Å². The van der Waals surface area contributed by atoms with Crippen LogP contribution in [-0.4, -0.2) is 13.9 Å². The standard InChI is InChI=1S/C9H11IO2/c1-7-5-8(10)3-4-9(7)12-6-11-2/h3-5H,6H2,1-2H3. The van der Waals surface area contributed by atoms with Crippen molar-refractivity contribution in [2.24, 2.45) is 0 Å². The number of hydrogen-bond acceptors (Lipinski definition) is 2. The molecule has 66 valence electrons. The minimum absolute atomic E-state index is 0.307. The van der Waals surface area contributed by atoms with Gasteiger partial charge in [0.05, 0.1) is 0 Å². The Morgan fingerprint density at radius 3 is 2.75 bits per heavy atom. The number of halogens is 1. The molecule has 1 aromatic carbocycles. The minimum atomic E-state index is 0.307. The molecule has 3 heteroatoms. The molecule has 0 saturated carbocycles. The fourth-order valence-corrected chi connectivity index (χ4v) is 1.54. The lowest BCUT2D eigenvalue weighted by Gasteiger charge is -2.07. The third kappa shape index (κ3) is 2.64. The van der Waals surface area contributed by atoms with Crippen molar-refractivity contribution >= 4 is 22.6 Å². The number of rotatable bonds is 3. The molecule has 12 heavy (non-hydrogen) atoms. The molecule has 0 aliphatic carbocycles. The smallest absolute Gasteiger partial charge is 0.188 e. The number of benzene rings is 1. The average molecular weight is 278 g/mol. The first kappa shape index (κ1) is 9.80. The van der Waals surface area contributed by atoms with E-state index >= 15 is 0 Å². The lowest BCUT2D eigenvalue weighted by Crippen LogP contribution is -2.00. The second-order valence-electron chi connectivity index (χ2n) is 2.46. The number of aryl methyl sites for hydroxylation is 1. The van der Waals surface area contributed by atoms with Crippen molar-refractivity contribution in [3.8, 4) is 5.75 Å². The van der Waals surface area contributed by atoms with Crippen molar-refractivity contribution in [1.82, 2.24) is 0 Å². The molecule has 0 spiro atoms. The van der Waals surface area contributed by atoms with Gasteiger partial charge in [0.1, 0.15) is 5.75 Å². The Morgan fingerprint density at radius 2 is 2.17 bits per heavy atom. The van der Waals surface area contributed by atoms with Gasteiger partial charge in [-0.2, -0.15) is 0 Å². The van der Waals surface area contributed by atoms with Gasteiger partial charge >= 0.3 is 0 Å². The lowest BCUT2D eigenvalue weighted by atomic mass is 10.2. The zero-order chi connectivity index (χ0) is 8.97. The molecule has 0 saturated heterocycles. The Hall–Kier alpha value is -0.290. The molecule has 0 N–H and O–H groups in total. The van der Waals surface area contributed by atoms with Crippen LogP contribution in [0.1, 0.15) is 5.56 Å². The number of hydrogen-bond donors (Lipinski definition) is 0. The van der Waals surface area contributed by atoms with Gasteiger partial charge < -0.3 is 9.47 Å². The number of methoxy groups -OCH3 is 1. The molecule has 0 atom stereocenters. The Morgan fingerprint density at radius 1 is 1.42 bits per heavy atom. The summed E-state index contributed by atoms with van der Waals surface area (Å²) in [6.07, 6.45) is 0. The molecule has 1 rings (SSSR count). The number of ether oxygens (including phenoxy) is 2. The third-order valence-electron chi connectivity index (χ3n) is 1.47. The SMILES string of the molecule is COCOc1ccc(I)cc1C. The molecule has 0 aliphatic rings. The van der Waals surface area contributed by atoms with Crippen molar-refractivity contribution in [1.29, 1.82) is 0 Å². The van der Waals surface area contributed by atoms with Crippen LogP contribution in [0.25, 0.3) is 0 Å². The van der Waals surface area contributed by atoms with E-state index < -0.39 is 0 Å². The monoisotopic (exact) mass is 278 g/mol. The largest absolute Gasteiger partial charge is 0.467 e. The van der Waals surface area contributed by atoms with E-state index in [1.54, 1.807) is 7.11 Å². The van der Waals surface area contributed by atoms with E-state index in [0.717, 1.165) is 11.3 Å². The van der Waals surface area contributed by atoms with Crippen molar-refractivity contribution in [3.05, 3.63) is 27.3 Å². The maximum absolute atomic E-state index is 5.32. The van der Waals surface area contributed by atoms with Crippen molar-refractivity contribution in [2.45, 2.75) is 6.92 Å². The highest BCUT2D eigenvalue weighted by molar-refractivity contribution is 14.1. The van der Waals surface area contributed by atoms with Gasteiger partial charge in [-0.25, -0.2) is 0 Å². The topological polar surface area (TPSA) is 18.5 Å². The predicted molar refractivity (Wildman–Crippen MR) is 56.4 cm³/mol. The van der Waals surface area contributed by atoms with Crippen LogP contribution in [0.2, 0.25) is 0 Å². The molecule has 0 heterocycles. The normalized spacial score (nSPS) is 9.92. The molecular weight excluding hydrogens is 267 g/mol. The van der Waals surface area contributed by atoms with Crippen LogP contribution in [0, 0.1) is 10.5 Å². The molecule has 0 aliphatic heterocycles. The Balaban J connectivity index is 2.72. The summed E-state index contributed by atoms with van der Waals surface area (Å²) in [6, 6.07) is 6.04. The third-order valence-corrected chi connectivity index (χ3v) is 2.14. The maximum Gasteiger partial charge on any atom is 0.188 e. The van der Waals surface area contributed by atoms with Crippen LogP contribution in [0.15, 0.2) is 18.2 Å². The summed E-state index contributed by atoms with van der Waals surface area (Å²) in [7, 11) is 1.61. The van der Waals surface area contributed by atoms with E-state index in [0.29, 0.717) is 6.79 Å². The maximum atomic E-state index is 5.32. The zero-order valence-electron chi connectivity index (χ0n) is 7.13. The van der Waals surface area contributed by atoms with E-state index in [4.69, 9.17) is 9.47 Å². The van der Waals surface area contributed by atoms with Crippen LogP contribution in [0.4, 0.5) is 0 Å². The minimum Gasteiger partial charge on any atom is -0.467 e. The van der Waals surface area contributed by atoms with Gasteiger partial charge in [-0.15, -0.1) is 0 Å². The Bertz CT molecular complexity index is 261. The van der Waals surface area contributed by atoms with Gasteiger partial charge in [0, 0.05) is 10.7 Å². The fraction of sp³-hybridized carbons (Fsp3) is 0.333. The molecular formula is C9H11IO2. The van der Waals surface area contributed by atoms with Crippen molar-refractivity contribution in [2.75, 3.05) is 13.9 Å². The molecule has 0 amide bonds. The summed E-state index contributed by atoms with van der Waals surface area (Å²) in [5.74, 6) is 0.886. The molecule has 0 radical (unpaired) electrons. The van der Waals surface area contributed by atoms with Gasteiger partial charge in [-0.3, -0.25) is 0 Å². The highest BCUT2D eigenvalue weighted by Gasteiger charge is 1.98. The van der Waals surface area contributed by atoms with Crippen molar-refractivity contribution < 1.29 is 9.47 Å². The highest BCUT2D eigenvalue weighted by atomic mass is 127. The molecule has 0 bridgehead atoms. The van der Waals surface area contributed by atoms with E-state index in [1.807, 2.05) is 19.1 Å². The summed E-state index contributed by atoms with van der Waals surface area (Å²) < 4.78 is 11.3. The fourth-order valence-electron chi connectivity index (χ4n) is 0.897. The van der Waals surface area contributed by atoms with Crippen LogP contribution >= 0.6 is 22.6 Å². The van der Waals surface area contributed by atoms with Crippen LogP contribution in [0.3, 0.4) is 0 Å². The van der Waals surface area contributed by atoms with E-state index in [9.17, 15) is 0 Å². The average Bonchev–Trinajstić information content (AvgIpc) is 2.03. The summed E-state index contributed by atoms with van der Waals surface area (Å²) in [5.41, 5.74) is 1.14. The predicted octanol–water partition coefficient (Wildman–Crippen LogP) is 2.58. The van der Waals surface area contributed by atoms with Crippen molar-refractivity contribution in [3.63, 3.8) is 0 Å². The summed E-state index contributed by atoms with van der Waals surface area (Å²) in [5, 5.41) is 0. The van der Waals surface area contributed by atoms with Gasteiger partial charge in [0.15, 0.2) is 6.79 Å². The Labute approximate surface area is 86.0 Å². The molecule has 0 unspecified atom stereocenters. The van der Waals surface area contributed by atoms with Crippen LogP contribution in [-0.2, 0) is 4.74 Å². The van der Waals surface area contributed by atoms with Gasteiger partial charge in [-0.05, 0) is 53.3 Å². The summed E-state index contributed by atoms with van der Waals surface area (Å²) >= 11 is 2.27. The second-order valence-corrected chi connectivity index (χ2v) is 3.71. The highest BCUT2D eigenvalue weighted by Crippen LogP contribution is 2.19. The van der Waals surface area contributed by atoms with E-state index in [-0.39, 0.29) is 0 Å². The second kappa shape index (κ2) is 4.67. The lowest BCUT2D eigenvalue weighted by molar-refractivity contribution is 0.0506.